The Balaban J connectivity index is 2.31. The van der Waals surface area contributed by atoms with Crippen LogP contribution in [0.2, 0.25) is 5.02 Å². The Morgan fingerprint density at radius 1 is 1.59 bits per heavy atom. The third-order valence-electron chi connectivity index (χ3n) is 2.14. The first kappa shape index (κ1) is 14.3. The van der Waals surface area contributed by atoms with E-state index in [4.69, 9.17) is 22.4 Å². The molecule has 0 spiro atoms. The molecule has 0 bridgehead atoms. The van der Waals surface area contributed by atoms with Gasteiger partial charge in [0.15, 0.2) is 0 Å². The fraction of sp³-hybridized carbons (Fsp3) is 0.364. The topological polar surface area (TPSA) is 63.3 Å². The predicted octanol–water partition coefficient (Wildman–Crippen LogP) is 2.51. The van der Waals surface area contributed by atoms with Gasteiger partial charge in [-0.2, -0.15) is 11.8 Å². The molecule has 94 valence electrons. The van der Waals surface area contributed by atoms with E-state index in [0.29, 0.717) is 17.9 Å². The summed E-state index contributed by atoms with van der Waals surface area (Å²) in [5.74, 6) is -0.127. The SMILES string of the molecule is NC(CCSCc1ccc(F)c(Cl)c1)C(=O)O. The van der Waals surface area contributed by atoms with Crippen LogP contribution in [0.3, 0.4) is 0 Å². The normalized spacial score (nSPS) is 12.4. The molecule has 1 unspecified atom stereocenters. The van der Waals surface area contributed by atoms with E-state index < -0.39 is 17.8 Å². The van der Waals surface area contributed by atoms with Crippen molar-refractivity contribution in [2.45, 2.75) is 18.2 Å². The number of benzene rings is 1. The molecular weight excluding hydrogens is 265 g/mol. The second-order valence-corrected chi connectivity index (χ2v) is 5.05. The summed E-state index contributed by atoms with van der Waals surface area (Å²) in [5, 5.41) is 8.67. The monoisotopic (exact) mass is 277 g/mol. The molecule has 3 N–H and O–H groups in total. The molecule has 0 aliphatic rings. The lowest BCUT2D eigenvalue weighted by atomic mass is 10.2. The fourth-order valence-corrected chi connectivity index (χ4v) is 2.34. The van der Waals surface area contributed by atoms with Crippen molar-refractivity contribution < 1.29 is 14.3 Å². The largest absolute Gasteiger partial charge is 0.480 e. The summed E-state index contributed by atoms with van der Waals surface area (Å²) in [6.07, 6.45) is 0.412. The van der Waals surface area contributed by atoms with Crippen LogP contribution in [0.5, 0.6) is 0 Å². The maximum Gasteiger partial charge on any atom is 0.320 e. The minimum absolute atomic E-state index is 0.102. The van der Waals surface area contributed by atoms with Gasteiger partial charge in [0.1, 0.15) is 11.9 Å². The lowest BCUT2D eigenvalue weighted by Gasteiger charge is -2.06. The van der Waals surface area contributed by atoms with Gasteiger partial charge >= 0.3 is 5.97 Å². The van der Waals surface area contributed by atoms with Gasteiger partial charge in [-0.05, 0) is 29.9 Å². The molecule has 0 saturated carbocycles. The molecule has 0 aromatic heterocycles. The molecule has 1 atom stereocenters. The standard InChI is InChI=1S/C11H13ClFNO2S/c12-8-5-7(1-2-9(8)13)6-17-4-3-10(14)11(15)16/h1-2,5,10H,3-4,6,14H2,(H,15,16). The first-order valence-corrected chi connectivity index (χ1v) is 6.54. The van der Waals surface area contributed by atoms with Crippen molar-refractivity contribution >= 4 is 29.3 Å². The van der Waals surface area contributed by atoms with E-state index in [2.05, 4.69) is 0 Å². The highest BCUT2D eigenvalue weighted by atomic mass is 35.5. The Morgan fingerprint density at radius 3 is 2.88 bits per heavy atom. The summed E-state index contributed by atoms with van der Waals surface area (Å²) in [6, 6.07) is 3.73. The Kier molecular flexibility index (Phi) is 5.74. The van der Waals surface area contributed by atoms with Crippen LogP contribution in [0.25, 0.3) is 0 Å². The molecule has 1 aromatic rings. The minimum Gasteiger partial charge on any atom is -0.480 e. The Labute approximate surface area is 108 Å². The van der Waals surface area contributed by atoms with Crippen molar-refractivity contribution in [3.63, 3.8) is 0 Å². The first-order chi connectivity index (χ1) is 8.00. The summed E-state index contributed by atoms with van der Waals surface area (Å²) in [5.41, 5.74) is 6.26. The van der Waals surface area contributed by atoms with E-state index in [9.17, 15) is 9.18 Å². The summed E-state index contributed by atoms with van der Waals surface area (Å²) >= 11 is 7.18. The molecule has 3 nitrogen and oxygen atoms in total. The van der Waals surface area contributed by atoms with Crippen molar-refractivity contribution in [3.05, 3.63) is 34.6 Å². The number of carbonyl (C=O) groups is 1. The second kappa shape index (κ2) is 6.83. The van der Waals surface area contributed by atoms with Gasteiger partial charge in [0, 0.05) is 5.75 Å². The van der Waals surface area contributed by atoms with Crippen LogP contribution >= 0.6 is 23.4 Å². The summed E-state index contributed by atoms with van der Waals surface area (Å²) in [4.78, 5) is 10.5. The highest BCUT2D eigenvalue weighted by Gasteiger charge is 2.10. The third-order valence-corrected chi connectivity index (χ3v) is 3.49. The summed E-state index contributed by atoms with van der Waals surface area (Å²) < 4.78 is 12.9. The Bertz CT molecular complexity index is 403. The second-order valence-electron chi connectivity index (χ2n) is 3.53. The molecular formula is C11H13ClFNO2S. The first-order valence-electron chi connectivity index (χ1n) is 5.00. The van der Waals surface area contributed by atoms with Gasteiger partial charge in [-0.3, -0.25) is 4.79 Å². The number of rotatable bonds is 6. The van der Waals surface area contributed by atoms with Crippen molar-refractivity contribution in [1.82, 2.24) is 0 Å². The predicted molar refractivity (Wildman–Crippen MR) is 67.8 cm³/mol. The Morgan fingerprint density at radius 2 is 2.29 bits per heavy atom. The van der Waals surface area contributed by atoms with Gasteiger partial charge in [0.25, 0.3) is 0 Å². The molecule has 17 heavy (non-hydrogen) atoms. The van der Waals surface area contributed by atoms with E-state index in [1.54, 1.807) is 23.9 Å². The number of thioether (sulfide) groups is 1. The average molecular weight is 278 g/mol. The van der Waals surface area contributed by atoms with Crippen molar-refractivity contribution in [3.8, 4) is 0 Å². The van der Waals surface area contributed by atoms with Gasteiger partial charge < -0.3 is 10.8 Å². The highest BCUT2D eigenvalue weighted by Crippen LogP contribution is 2.20. The zero-order chi connectivity index (χ0) is 12.8. The Hall–Kier alpha value is -0.780. The zero-order valence-electron chi connectivity index (χ0n) is 9.03. The van der Waals surface area contributed by atoms with E-state index in [1.165, 1.54) is 6.07 Å². The molecule has 0 fully saturated rings. The highest BCUT2D eigenvalue weighted by molar-refractivity contribution is 7.98. The van der Waals surface area contributed by atoms with Gasteiger partial charge in [-0.25, -0.2) is 4.39 Å². The maximum absolute atomic E-state index is 12.9. The van der Waals surface area contributed by atoms with Gasteiger partial charge in [0.2, 0.25) is 0 Å². The van der Waals surface area contributed by atoms with Gasteiger partial charge in [-0.1, -0.05) is 17.7 Å². The molecule has 0 heterocycles. The third kappa shape index (κ3) is 4.93. The van der Waals surface area contributed by atoms with Gasteiger partial charge in [-0.15, -0.1) is 0 Å². The average Bonchev–Trinajstić information content (AvgIpc) is 2.28. The van der Waals surface area contributed by atoms with E-state index >= 15 is 0 Å². The molecule has 0 aliphatic carbocycles. The van der Waals surface area contributed by atoms with Crippen LogP contribution < -0.4 is 5.73 Å². The van der Waals surface area contributed by atoms with Crippen LogP contribution in [-0.2, 0) is 10.5 Å². The van der Waals surface area contributed by atoms with Crippen LogP contribution in [0, 0.1) is 5.82 Å². The smallest absolute Gasteiger partial charge is 0.320 e. The van der Waals surface area contributed by atoms with Crippen molar-refractivity contribution in [2.24, 2.45) is 5.73 Å². The van der Waals surface area contributed by atoms with Crippen LogP contribution in [0.1, 0.15) is 12.0 Å². The van der Waals surface area contributed by atoms with Gasteiger partial charge in [0.05, 0.1) is 5.02 Å². The minimum atomic E-state index is -0.990. The van der Waals surface area contributed by atoms with E-state index in [0.717, 1.165) is 5.56 Å². The molecule has 0 aliphatic heterocycles. The number of hydrogen-bond acceptors (Lipinski definition) is 3. The van der Waals surface area contributed by atoms with E-state index in [-0.39, 0.29) is 5.02 Å². The number of halogens is 2. The number of carboxylic acids is 1. The molecule has 1 rings (SSSR count). The van der Waals surface area contributed by atoms with Crippen molar-refractivity contribution in [1.29, 1.82) is 0 Å². The molecule has 0 radical (unpaired) electrons. The lowest BCUT2D eigenvalue weighted by molar-refractivity contribution is -0.138. The van der Waals surface area contributed by atoms with E-state index in [1.807, 2.05) is 0 Å². The summed E-state index contributed by atoms with van der Waals surface area (Å²) in [7, 11) is 0. The summed E-state index contributed by atoms with van der Waals surface area (Å²) in [6.45, 7) is 0. The molecule has 1 aromatic carbocycles. The maximum atomic E-state index is 12.9. The van der Waals surface area contributed by atoms with Crippen LogP contribution in [-0.4, -0.2) is 22.9 Å². The molecule has 6 heteroatoms. The van der Waals surface area contributed by atoms with Crippen molar-refractivity contribution in [2.75, 3.05) is 5.75 Å². The molecule has 0 amide bonds. The van der Waals surface area contributed by atoms with Crippen LogP contribution in [0.15, 0.2) is 18.2 Å². The number of hydrogen-bond donors (Lipinski definition) is 2. The lowest BCUT2D eigenvalue weighted by Crippen LogP contribution is -2.30. The van der Waals surface area contributed by atoms with Crippen LogP contribution in [0.4, 0.5) is 4.39 Å². The number of carboxylic acid groups (broad SMARTS) is 1. The molecule has 0 saturated heterocycles. The zero-order valence-corrected chi connectivity index (χ0v) is 10.6. The number of nitrogens with two attached hydrogens (primary N) is 1. The fourth-order valence-electron chi connectivity index (χ4n) is 1.15. The quantitative estimate of drug-likeness (QED) is 0.784. The number of aliphatic carboxylic acids is 1.